The van der Waals surface area contributed by atoms with E-state index in [4.69, 9.17) is 10.5 Å². The van der Waals surface area contributed by atoms with Gasteiger partial charge in [-0.05, 0) is 0 Å². The molecular formula is C7H11NO2S2. The second kappa shape index (κ2) is 4.67. The van der Waals surface area contributed by atoms with E-state index in [0.717, 1.165) is 17.3 Å². The maximum Gasteiger partial charge on any atom is 0.405 e. The van der Waals surface area contributed by atoms with E-state index in [-0.39, 0.29) is 5.44 Å². The quantitative estimate of drug-likeness (QED) is 0.658. The highest BCUT2D eigenvalue weighted by molar-refractivity contribution is 8.04. The summed E-state index contributed by atoms with van der Waals surface area (Å²) in [5.41, 5.74) is 5.98. The average Bonchev–Trinajstić information content (AvgIpc) is 2.15. The van der Waals surface area contributed by atoms with Crippen LogP contribution in [0.4, 0.5) is 4.79 Å². The Morgan fingerprint density at radius 3 is 3.08 bits per heavy atom. The molecule has 1 atom stereocenters. The Kier molecular flexibility index (Phi) is 3.81. The Morgan fingerprint density at radius 2 is 2.42 bits per heavy atom. The lowest BCUT2D eigenvalue weighted by Gasteiger charge is -2.11. The fraction of sp³-hybridized carbons (Fsp3) is 0.571. The summed E-state index contributed by atoms with van der Waals surface area (Å²) in [6.07, 6.45) is -0.694. The number of carbonyl (C=O) groups is 1. The van der Waals surface area contributed by atoms with E-state index in [2.05, 4.69) is 6.58 Å². The fourth-order valence-electron chi connectivity index (χ4n) is 0.798. The first-order valence-corrected chi connectivity index (χ1v) is 5.71. The van der Waals surface area contributed by atoms with Gasteiger partial charge in [0.1, 0.15) is 0 Å². The van der Waals surface area contributed by atoms with Crippen LogP contribution in [0.2, 0.25) is 0 Å². The largest absolute Gasteiger partial charge is 0.434 e. The third-order valence-electron chi connectivity index (χ3n) is 1.28. The van der Waals surface area contributed by atoms with E-state index in [1.807, 2.05) is 0 Å². The van der Waals surface area contributed by atoms with Crippen molar-refractivity contribution < 1.29 is 9.53 Å². The van der Waals surface area contributed by atoms with E-state index in [0.29, 0.717) is 0 Å². The highest BCUT2D eigenvalue weighted by Crippen LogP contribution is 2.26. The molecule has 0 aliphatic carbocycles. The van der Waals surface area contributed by atoms with Gasteiger partial charge in [0.05, 0.1) is 0 Å². The maximum absolute atomic E-state index is 10.4. The molecule has 5 heteroatoms. The molecule has 2 N–H and O–H groups in total. The third kappa shape index (κ3) is 3.40. The second-order valence-electron chi connectivity index (χ2n) is 2.44. The molecule has 3 nitrogen and oxygen atoms in total. The summed E-state index contributed by atoms with van der Waals surface area (Å²) in [4.78, 5) is 10.4. The molecule has 68 valence electrons. The van der Waals surface area contributed by atoms with Crippen LogP contribution < -0.4 is 5.73 Å². The van der Waals surface area contributed by atoms with Crippen LogP contribution in [0.3, 0.4) is 0 Å². The van der Waals surface area contributed by atoms with Gasteiger partial charge in [0, 0.05) is 17.3 Å². The molecule has 0 saturated carbocycles. The SMILES string of the molecule is C=C1CSCC(OC(N)=O)SC1. The molecule has 0 spiro atoms. The molecule has 1 heterocycles. The van der Waals surface area contributed by atoms with Crippen molar-refractivity contribution in [3.05, 3.63) is 12.2 Å². The number of ether oxygens (including phenoxy) is 1. The molecule has 1 saturated heterocycles. The Hall–Kier alpha value is -0.290. The number of carbonyl (C=O) groups excluding carboxylic acids is 1. The molecule has 0 bridgehead atoms. The standard InChI is InChI=1S/C7H11NO2S2/c1-5-2-11-4-6(12-3-5)10-7(8)9/h6H,1-4H2,(H2,8,9). The lowest BCUT2D eigenvalue weighted by Crippen LogP contribution is -2.21. The minimum absolute atomic E-state index is 0.105. The van der Waals surface area contributed by atoms with Crippen molar-refractivity contribution in [3.8, 4) is 0 Å². The van der Waals surface area contributed by atoms with Gasteiger partial charge in [-0.25, -0.2) is 4.79 Å². The molecule has 12 heavy (non-hydrogen) atoms. The number of amides is 1. The number of primary amides is 1. The third-order valence-corrected chi connectivity index (χ3v) is 3.85. The van der Waals surface area contributed by atoms with Gasteiger partial charge in [0.2, 0.25) is 0 Å². The van der Waals surface area contributed by atoms with E-state index in [1.165, 1.54) is 5.57 Å². The van der Waals surface area contributed by atoms with Crippen molar-refractivity contribution in [3.63, 3.8) is 0 Å². The maximum atomic E-state index is 10.4. The van der Waals surface area contributed by atoms with Crippen molar-refractivity contribution >= 4 is 29.6 Å². The molecule has 0 aromatic carbocycles. The molecule has 0 radical (unpaired) electrons. The minimum atomic E-state index is -0.694. The molecule has 1 amide bonds. The van der Waals surface area contributed by atoms with Crippen molar-refractivity contribution in [1.29, 1.82) is 0 Å². The zero-order valence-electron chi connectivity index (χ0n) is 6.62. The van der Waals surface area contributed by atoms with Crippen molar-refractivity contribution in [1.82, 2.24) is 0 Å². The van der Waals surface area contributed by atoms with E-state index >= 15 is 0 Å². The van der Waals surface area contributed by atoms with Crippen LogP contribution in [-0.2, 0) is 4.74 Å². The molecule has 1 fully saturated rings. The van der Waals surface area contributed by atoms with Crippen LogP contribution in [0.25, 0.3) is 0 Å². The Balaban J connectivity index is 2.35. The predicted octanol–water partition coefficient (Wildman–Crippen LogP) is 1.44. The minimum Gasteiger partial charge on any atom is -0.434 e. The highest BCUT2D eigenvalue weighted by atomic mass is 32.2. The average molecular weight is 205 g/mol. The second-order valence-corrected chi connectivity index (χ2v) is 4.62. The summed E-state index contributed by atoms with van der Waals surface area (Å²) < 4.78 is 4.86. The molecule has 1 aliphatic rings. The van der Waals surface area contributed by atoms with Crippen LogP contribution in [-0.4, -0.2) is 28.8 Å². The van der Waals surface area contributed by atoms with Gasteiger partial charge >= 0.3 is 6.09 Å². The first-order valence-electron chi connectivity index (χ1n) is 3.50. The van der Waals surface area contributed by atoms with Gasteiger partial charge in [-0.3, -0.25) is 0 Å². The van der Waals surface area contributed by atoms with Crippen LogP contribution in [0.15, 0.2) is 12.2 Å². The normalized spacial score (nSPS) is 24.7. The monoisotopic (exact) mass is 205 g/mol. The summed E-state index contributed by atoms with van der Waals surface area (Å²) in [7, 11) is 0. The summed E-state index contributed by atoms with van der Waals surface area (Å²) >= 11 is 3.30. The van der Waals surface area contributed by atoms with E-state index < -0.39 is 6.09 Å². The number of hydrogen-bond acceptors (Lipinski definition) is 4. The highest BCUT2D eigenvalue weighted by Gasteiger charge is 2.16. The van der Waals surface area contributed by atoms with Gasteiger partial charge in [-0.1, -0.05) is 12.2 Å². The zero-order chi connectivity index (χ0) is 8.97. The first-order chi connectivity index (χ1) is 5.68. The lowest BCUT2D eigenvalue weighted by molar-refractivity contribution is 0.153. The summed E-state index contributed by atoms with van der Waals surface area (Å²) in [5, 5.41) is 0. The van der Waals surface area contributed by atoms with Crippen LogP contribution in [0, 0.1) is 0 Å². The van der Waals surface area contributed by atoms with E-state index in [9.17, 15) is 4.79 Å². The van der Waals surface area contributed by atoms with Gasteiger partial charge in [-0.15, -0.1) is 11.8 Å². The molecule has 1 aliphatic heterocycles. The summed E-state index contributed by atoms with van der Waals surface area (Å²) in [6, 6.07) is 0. The van der Waals surface area contributed by atoms with Gasteiger partial charge in [0.15, 0.2) is 5.44 Å². The molecule has 0 aromatic heterocycles. The van der Waals surface area contributed by atoms with Crippen LogP contribution >= 0.6 is 23.5 Å². The van der Waals surface area contributed by atoms with Gasteiger partial charge in [-0.2, -0.15) is 11.8 Å². The van der Waals surface area contributed by atoms with Crippen LogP contribution in [0.5, 0.6) is 0 Å². The van der Waals surface area contributed by atoms with Crippen molar-refractivity contribution in [2.45, 2.75) is 5.44 Å². The number of nitrogens with two attached hydrogens (primary N) is 1. The zero-order valence-corrected chi connectivity index (χ0v) is 8.25. The Morgan fingerprint density at radius 1 is 1.67 bits per heavy atom. The predicted molar refractivity (Wildman–Crippen MR) is 53.4 cm³/mol. The Labute approximate surface area is 80.1 Å². The number of thioether (sulfide) groups is 2. The number of hydrogen-bond donors (Lipinski definition) is 1. The topological polar surface area (TPSA) is 52.3 Å². The molecule has 1 unspecified atom stereocenters. The first kappa shape index (κ1) is 9.80. The van der Waals surface area contributed by atoms with Crippen LogP contribution in [0.1, 0.15) is 0 Å². The van der Waals surface area contributed by atoms with Crippen molar-refractivity contribution in [2.24, 2.45) is 5.73 Å². The molecule has 1 rings (SSSR count). The van der Waals surface area contributed by atoms with Crippen molar-refractivity contribution in [2.75, 3.05) is 17.3 Å². The van der Waals surface area contributed by atoms with Gasteiger partial charge < -0.3 is 10.5 Å². The number of rotatable bonds is 1. The molecular weight excluding hydrogens is 194 g/mol. The lowest BCUT2D eigenvalue weighted by atomic mass is 10.4. The summed E-state index contributed by atoms with van der Waals surface area (Å²) in [5.74, 6) is 2.60. The molecule has 0 aromatic rings. The Bertz CT molecular complexity index is 196. The van der Waals surface area contributed by atoms with Gasteiger partial charge in [0.25, 0.3) is 0 Å². The van der Waals surface area contributed by atoms with E-state index in [1.54, 1.807) is 23.5 Å². The smallest absolute Gasteiger partial charge is 0.405 e. The fourth-order valence-corrected chi connectivity index (χ4v) is 3.06. The summed E-state index contributed by atoms with van der Waals surface area (Å²) in [6.45, 7) is 3.87.